The van der Waals surface area contributed by atoms with E-state index in [1.807, 2.05) is 12.1 Å². The van der Waals surface area contributed by atoms with E-state index in [0.717, 1.165) is 30.2 Å². The van der Waals surface area contributed by atoms with Crippen LogP contribution in [0, 0.1) is 5.92 Å². The summed E-state index contributed by atoms with van der Waals surface area (Å²) in [6, 6.07) is 16.3. The van der Waals surface area contributed by atoms with Gasteiger partial charge in [-0.2, -0.15) is 0 Å². The lowest BCUT2D eigenvalue weighted by Gasteiger charge is -2.28. The zero-order valence-corrected chi connectivity index (χ0v) is 17.9. The SMILES string of the molecule is CCCC1CCC(c2ccc(CCc3ccc(C(F)=C(F)CC)cc3)cc2)CC1. The van der Waals surface area contributed by atoms with Crippen LogP contribution in [0.1, 0.15) is 87.0 Å². The van der Waals surface area contributed by atoms with E-state index in [9.17, 15) is 8.78 Å². The van der Waals surface area contributed by atoms with Crippen LogP contribution in [-0.2, 0) is 12.8 Å². The van der Waals surface area contributed by atoms with Crippen LogP contribution in [0.3, 0.4) is 0 Å². The molecule has 0 atom stereocenters. The molecule has 0 aliphatic heterocycles. The molecular weight excluding hydrogens is 362 g/mol. The average Bonchev–Trinajstić information content (AvgIpc) is 2.78. The molecule has 0 heterocycles. The normalized spacial score (nSPS) is 20.4. The van der Waals surface area contributed by atoms with Gasteiger partial charge in [0.1, 0.15) is 5.83 Å². The van der Waals surface area contributed by atoms with Crippen molar-refractivity contribution in [3.8, 4) is 0 Å². The van der Waals surface area contributed by atoms with Crippen molar-refractivity contribution in [3.05, 3.63) is 76.6 Å². The highest BCUT2D eigenvalue weighted by molar-refractivity contribution is 5.61. The van der Waals surface area contributed by atoms with Gasteiger partial charge in [0.05, 0.1) is 0 Å². The Morgan fingerprint density at radius 3 is 1.86 bits per heavy atom. The van der Waals surface area contributed by atoms with Crippen molar-refractivity contribution in [2.45, 2.75) is 77.6 Å². The molecular formula is C27H34F2. The first kappa shape index (κ1) is 21.7. The number of aryl methyl sites for hydroxylation is 2. The van der Waals surface area contributed by atoms with Crippen molar-refractivity contribution in [1.82, 2.24) is 0 Å². The Morgan fingerprint density at radius 1 is 0.793 bits per heavy atom. The largest absolute Gasteiger partial charge is 0.209 e. The number of rotatable bonds is 8. The van der Waals surface area contributed by atoms with E-state index in [1.165, 1.54) is 49.7 Å². The molecule has 0 aromatic heterocycles. The Hall–Kier alpha value is -1.96. The summed E-state index contributed by atoms with van der Waals surface area (Å²) in [6.07, 6.45) is 10.1. The minimum atomic E-state index is -0.738. The molecule has 0 unspecified atom stereocenters. The third-order valence-corrected chi connectivity index (χ3v) is 6.45. The van der Waals surface area contributed by atoms with Crippen molar-refractivity contribution in [2.24, 2.45) is 5.92 Å². The fourth-order valence-corrected chi connectivity index (χ4v) is 4.57. The van der Waals surface area contributed by atoms with Crippen molar-refractivity contribution >= 4 is 5.83 Å². The third-order valence-electron chi connectivity index (χ3n) is 6.45. The molecule has 0 saturated heterocycles. The summed E-state index contributed by atoms with van der Waals surface area (Å²) in [5, 5.41) is 0. The third kappa shape index (κ3) is 6.01. The quantitative estimate of drug-likeness (QED) is 0.419. The first-order valence-electron chi connectivity index (χ1n) is 11.3. The van der Waals surface area contributed by atoms with Crippen molar-refractivity contribution in [3.63, 3.8) is 0 Å². The Balaban J connectivity index is 1.52. The smallest absolute Gasteiger partial charge is 0.161 e. The maximum absolute atomic E-state index is 13.9. The van der Waals surface area contributed by atoms with Gasteiger partial charge in [-0.3, -0.25) is 0 Å². The lowest BCUT2D eigenvalue weighted by molar-refractivity contribution is 0.308. The fourth-order valence-electron chi connectivity index (χ4n) is 4.57. The van der Waals surface area contributed by atoms with Crippen LogP contribution in [0.2, 0.25) is 0 Å². The van der Waals surface area contributed by atoms with Gasteiger partial charge in [0.15, 0.2) is 5.83 Å². The lowest BCUT2D eigenvalue weighted by atomic mass is 9.77. The summed E-state index contributed by atoms with van der Waals surface area (Å²) in [5.74, 6) is 0.260. The van der Waals surface area contributed by atoms with Crippen molar-refractivity contribution in [1.29, 1.82) is 0 Å². The highest BCUT2D eigenvalue weighted by Gasteiger charge is 2.21. The second-order valence-electron chi connectivity index (χ2n) is 8.52. The van der Waals surface area contributed by atoms with Gasteiger partial charge in [0.25, 0.3) is 0 Å². The number of halogens is 2. The lowest BCUT2D eigenvalue weighted by Crippen LogP contribution is -2.13. The van der Waals surface area contributed by atoms with Gasteiger partial charge < -0.3 is 0 Å². The summed E-state index contributed by atoms with van der Waals surface area (Å²) >= 11 is 0. The van der Waals surface area contributed by atoms with Crippen LogP contribution in [0.25, 0.3) is 5.83 Å². The molecule has 0 radical (unpaired) electrons. The van der Waals surface area contributed by atoms with E-state index < -0.39 is 11.7 Å². The maximum atomic E-state index is 13.9. The van der Waals surface area contributed by atoms with Gasteiger partial charge in [-0.05, 0) is 73.5 Å². The Morgan fingerprint density at radius 2 is 1.34 bits per heavy atom. The molecule has 156 valence electrons. The highest BCUT2D eigenvalue weighted by Crippen LogP contribution is 2.37. The molecule has 2 heteroatoms. The predicted octanol–water partition coefficient (Wildman–Crippen LogP) is 8.56. The summed E-state index contributed by atoms with van der Waals surface area (Å²) in [6.45, 7) is 3.91. The predicted molar refractivity (Wildman–Crippen MR) is 119 cm³/mol. The first-order valence-corrected chi connectivity index (χ1v) is 11.3. The van der Waals surface area contributed by atoms with Crippen LogP contribution < -0.4 is 0 Å². The van der Waals surface area contributed by atoms with E-state index in [0.29, 0.717) is 5.56 Å². The maximum Gasteiger partial charge on any atom is 0.161 e. The van der Waals surface area contributed by atoms with Crippen molar-refractivity contribution < 1.29 is 8.78 Å². The van der Waals surface area contributed by atoms with E-state index in [2.05, 4.69) is 31.2 Å². The Bertz CT molecular complexity index is 778. The highest BCUT2D eigenvalue weighted by atomic mass is 19.2. The zero-order valence-electron chi connectivity index (χ0n) is 17.9. The molecule has 29 heavy (non-hydrogen) atoms. The van der Waals surface area contributed by atoms with Gasteiger partial charge in [-0.15, -0.1) is 0 Å². The van der Waals surface area contributed by atoms with Gasteiger partial charge in [0, 0.05) is 5.56 Å². The van der Waals surface area contributed by atoms with E-state index in [-0.39, 0.29) is 6.42 Å². The second kappa shape index (κ2) is 10.7. The number of hydrogen-bond acceptors (Lipinski definition) is 0. The molecule has 0 nitrogen and oxygen atoms in total. The Kier molecular flexibility index (Phi) is 8.03. The minimum absolute atomic E-state index is 0.0871. The monoisotopic (exact) mass is 396 g/mol. The van der Waals surface area contributed by atoms with Gasteiger partial charge in [-0.1, -0.05) is 75.2 Å². The van der Waals surface area contributed by atoms with Crippen LogP contribution in [0.4, 0.5) is 8.78 Å². The van der Waals surface area contributed by atoms with E-state index in [4.69, 9.17) is 0 Å². The topological polar surface area (TPSA) is 0 Å². The molecule has 3 rings (SSSR count). The summed E-state index contributed by atoms with van der Waals surface area (Å²) in [5.41, 5.74) is 4.30. The molecule has 2 aromatic rings. The standard InChI is InChI=1S/C27H34F2/c1-3-5-20-8-14-23(15-9-20)24-16-10-21(11-17-24)6-7-22-12-18-25(19-13-22)27(29)26(28)4-2/h10-13,16-20,23H,3-9,14-15H2,1-2H3. The molecule has 1 saturated carbocycles. The van der Waals surface area contributed by atoms with Crippen LogP contribution in [0.15, 0.2) is 54.4 Å². The van der Waals surface area contributed by atoms with Gasteiger partial charge in [0.2, 0.25) is 0 Å². The van der Waals surface area contributed by atoms with E-state index >= 15 is 0 Å². The van der Waals surface area contributed by atoms with Gasteiger partial charge in [-0.25, -0.2) is 8.78 Å². The summed E-state index contributed by atoms with van der Waals surface area (Å²) in [4.78, 5) is 0. The van der Waals surface area contributed by atoms with E-state index in [1.54, 1.807) is 19.1 Å². The first-order chi connectivity index (χ1) is 14.1. The summed E-state index contributed by atoms with van der Waals surface area (Å²) < 4.78 is 27.3. The molecule has 0 amide bonds. The van der Waals surface area contributed by atoms with Crippen LogP contribution in [-0.4, -0.2) is 0 Å². The van der Waals surface area contributed by atoms with Crippen LogP contribution >= 0.6 is 0 Å². The molecule has 2 aromatic carbocycles. The second-order valence-corrected chi connectivity index (χ2v) is 8.52. The fraction of sp³-hybridized carbons (Fsp3) is 0.481. The van der Waals surface area contributed by atoms with Crippen LogP contribution in [0.5, 0.6) is 0 Å². The summed E-state index contributed by atoms with van der Waals surface area (Å²) in [7, 11) is 0. The molecule has 0 N–H and O–H groups in total. The molecule has 0 spiro atoms. The number of hydrogen-bond donors (Lipinski definition) is 0. The Labute approximate surface area is 175 Å². The van der Waals surface area contributed by atoms with Gasteiger partial charge >= 0.3 is 0 Å². The van der Waals surface area contributed by atoms with Crippen molar-refractivity contribution in [2.75, 3.05) is 0 Å². The molecule has 1 aliphatic carbocycles. The minimum Gasteiger partial charge on any atom is -0.209 e. The molecule has 0 bridgehead atoms. The zero-order chi connectivity index (χ0) is 20.6. The number of allylic oxidation sites excluding steroid dienone is 1. The number of benzene rings is 2. The molecule has 1 fully saturated rings. The molecule has 1 aliphatic rings. The average molecular weight is 397 g/mol.